The Hall–Kier alpha value is 0.165. The maximum atomic E-state index is 10.7. The third-order valence-electron chi connectivity index (χ3n) is 1.81. The summed E-state index contributed by atoms with van der Waals surface area (Å²) >= 11 is 0. The van der Waals surface area contributed by atoms with Crippen LogP contribution in [0.3, 0.4) is 0 Å². The van der Waals surface area contributed by atoms with Gasteiger partial charge in [0.25, 0.3) is 0 Å². The van der Waals surface area contributed by atoms with Crippen molar-refractivity contribution in [3.8, 4) is 0 Å². The molecule has 1 rings (SSSR count). The smallest absolute Gasteiger partial charge is 0.541 e. The number of hydrogen-bond acceptors (Lipinski definition) is 2. The molecule has 4 heteroatoms. The van der Waals surface area contributed by atoms with E-state index in [1.165, 1.54) is 6.92 Å². The zero-order chi connectivity index (χ0) is 10.4. The van der Waals surface area contributed by atoms with E-state index in [1.54, 1.807) is 0 Å². The summed E-state index contributed by atoms with van der Waals surface area (Å²) in [7, 11) is 0. The standard InChI is InChI=1S/C11H12NO2.Rb/c1-9(14)12-8-11-4-2-3-10(7-11)5-6-13;/h2-4,7H,5,8H2,1H3,(H,12,14);/q-1;+1. The van der Waals surface area contributed by atoms with Crippen molar-refractivity contribution >= 4 is 12.2 Å². The summed E-state index contributed by atoms with van der Waals surface area (Å²) in [6.07, 6.45) is 2.14. The molecular weight excluding hydrogens is 264 g/mol. The Labute approximate surface area is 138 Å². The van der Waals surface area contributed by atoms with Crippen LogP contribution in [-0.4, -0.2) is 12.2 Å². The first-order chi connectivity index (χ1) is 6.72. The van der Waals surface area contributed by atoms with Crippen molar-refractivity contribution in [2.45, 2.75) is 19.9 Å². The molecule has 0 unspecified atom stereocenters. The second kappa shape index (κ2) is 8.33. The predicted molar refractivity (Wildman–Crippen MR) is 53.4 cm³/mol. The van der Waals surface area contributed by atoms with Gasteiger partial charge in [-0.1, -0.05) is 29.8 Å². The summed E-state index contributed by atoms with van der Waals surface area (Å²) < 4.78 is 0. The minimum atomic E-state index is -0.0580. The largest absolute Gasteiger partial charge is 1.00 e. The number of nitrogens with one attached hydrogen (secondary N) is 1. The Kier molecular flexibility index (Phi) is 8.42. The molecule has 0 bridgehead atoms. The fourth-order valence-corrected chi connectivity index (χ4v) is 1.16. The van der Waals surface area contributed by atoms with Crippen molar-refractivity contribution in [3.63, 3.8) is 0 Å². The van der Waals surface area contributed by atoms with E-state index in [9.17, 15) is 9.59 Å². The normalized spacial score (nSPS) is 8.87. The second-order valence-corrected chi connectivity index (χ2v) is 3.05. The van der Waals surface area contributed by atoms with Crippen LogP contribution in [0.2, 0.25) is 0 Å². The van der Waals surface area contributed by atoms with Crippen LogP contribution >= 0.6 is 0 Å². The third-order valence-corrected chi connectivity index (χ3v) is 1.81. The Balaban J connectivity index is 0.00000196. The molecular formula is C11H12NO2Rb. The zero-order valence-electron chi connectivity index (χ0n) is 9.04. The molecule has 3 nitrogen and oxygen atoms in total. The van der Waals surface area contributed by atoms with Crippen LogP contribution in [-0.2, 0) is 22.6 Å². The van der Waals surface area contributed by atoms with Crippen LogP contribution in [0.15, 0.2) is 24.3 Å². The molecule has 0 fully saturated rings. The van der Waals surface area contributed by atoms with Gasteiger partial charge in [-0.15, -0.1) is 6.42 Å². The van der Waals surface area contributed by atoms with Crippen molar-refractivity contribution in [2.24, 2.45) is 0 Å². The van der Waals surface area contributed by atoms with Gasteiger partial charge >= 0.3 is 58.2 Å². The van der Waals surface area contributed by atoms with Gasteiger partial charge in [-0.05, 0) is 5.56 Å². The van der Waals surface area contributed by atoms with E-state index in [-0.39, 0.29) is 64.1 Å². The maximum absolute atomic E-state index is 10.7. The van der Waals surface area contributed by atoms with Crippen LogP contribution in [0.25, 0.3) is 0 Å². The zero-order valence-corrected chi connectivity index (χ0v) is 14.0. The molecule has 0 atom stereocenters. The molecule has 1 N–H and O–H groups in total. The van der Waals surface area contributed by atoms with E-state index in [4.69, 9.17) is 0 Å². The van der Waals surface area contributed by atoms with Gasteiger partial charge in [0.15, 0.2) is 0 Å². The molecule has 0 spiro atoms. The SMILES string of the molecule is CC(=O)NCc1cccc(C[C-]=O)c1.[Rb+]. The fraction of sp³-hybridized carbons (Fsp3) is 0.273. The maximum Gasteiger partial charge on any atom is 1.00 e. The number of carbonyl (C=O) groups excluding carboxylic acids is 2. The van der Waals surface area contributed by atoms with E-state index in [1.807, 2.05) is 30.6 Å². The van der Waals surface area contributed by atoms with Gasteiger partial charge in [-0.25, -0.2) is 0 Å². The first-order valence-corrected chi connectivity index (χ1v) is 4.39. The Bertz CT molecular complexity index is 339. The van der Waals surface area contributed by atoms with E-state index in [0.29, 0.717) is 13.0 Å². The molecule has 0 saturated heterocycles. The van der Waals surface area contributed by atoms with Crippen LogP contribution in [0.4, 0.5) is 0 Å². The van der Waals surface area contributed by atoms with Gasteiger partial charge in [-0.2, -0.15) is 0 Å². The van der Waals surface area contributed by atoms with Crippen molar-refractivity contribution in [1.29, 1.82) is 0 Å². The molecule has 0 saturated carbocycles. The molecule has 0 radical (unpaired) electrons. The Morgan fingerprint density at radius 2 is 2.07 bits per heavy atom. The minimum Gasteiger partial charge on any atom is -0.541 e. The average Bonchev–Trinajstić information content (AvgIpc) is 2.16. The van der Waals surface area contributed by atoms with Crippen LogP contribution in [0.1, 0.15) is 18.1 Å². The summed E-state index contributed by atoms with van der Waals surface area (Å²) in [5.41, 5.74) is 1.91. The minimum absolute atomic E-state index is 0. The van der Waals surface area contributed by atoms with Crippen LogP contribution in [0.5, 0.6) is 0 Å². The van der Waals surface area contributed by atoms with E-state index >= 15 is 0 Å². The molecule has 1 aromatic rings. The Morgan fingerprint density at radius 3 is 2.67 bits per heavy atom. The van der Waals surface area contributed by atoms with Gasteiger partial charge in [0.1, 0.15) is 0 Å². The number of benzene rings is 1. The monoisotopic (exact) mass is 275 g/mol. The second-order valence-electron chi connectivity index (χ2n) is 3.05. The van der Waals surface area contributed by atoms with E-state index < -0.39 is 0 Å². The number of amides is 1. The average molecular weight is 276 g/mol. The molecule has 0 aliphatic carbocycles. The van der Waals surface area contributed by atoms with Crippen LogP contribution in [0, 0.1) is 0 Å². The van der Waals surface area contributed by atoms with Gasteiger partial charge in [-0.3, -0.25) is 11.1 Å². The third kappa shape index (κ3) is 6.35. The molecule has 0 aromatic heterocycles. The summed E-state index contributed by atoms with van der Waals surface area (Å²) in [5, 5.41) is 2.69. The van der Waals surface area contributed by atoms with E-state index in [0.717, 1.165) is 11.1 Å². The topological polar surface area (TPSA) is 46.2 Å². The summed E-state index contributed by atoms with van der Waals surface area (Å²) in [5.74, 6) is -0.0580. The summed E-state index contributed by atoms with van der Waals surface area (Å²) in [6, 6.07) is 7.52. The van der Waals surface area contributed by atoms with Gasteiger partial charge in [0.2, 0.25) is 5.91 Å². The quantitative estimate of drug-likeness (QED) is 0.645. The molecule has 1 amide bonds. The molecule has 1 aromatic carbocycles. The Morgan fingerprint density at radius 1 is 1.40 bits per heavy atom. The van der Waals surface area contributed by atoms with Crippen molar-refractivity contribution in [3.05, 3.63) is 35.4 Å². The number of hydrogen-bond donors (Lipinski definition) is 1. The van der Waals surface area contributed by atoms with Crippen molar-refractivity contribution in [2.75, 3.05) is 0 Å². The van der Waals surface area contributed by atoms with Gasteiger partial charge in [0.05, 0.1) is 0 Å². The molecule has 15 heavy (non-hydrogen) atoms. The molecule has 0 aliphatic rings. The molecule has 0 aliphatic heterocycles. The predicted octanol–water partition coefficient (Wildman–Crippen LogP) is -2.02. The van der Waals surface area contributed by atoms with Crippen LogP contribution < -0.4 is 63.5 Å². The molecule has 74 valence electrons. The van der Waals surface area contributed by atoms with Gasteiger partial charge in [0, 0.05) is 13.5 Å². The number of carbonyl (C=O) groups is 1. The first-order valence-electron chi connectivity index (χ1n) is 4.39. The van der Waals surface area contributed by atoms with Crippen molar-refractivity contribution in [1.82, 2.24) is 5.32 Å². The summed E-state index contributed by atoms with van der Waals surface area (Å²) in [4.78, 5) is 20.8. The summed E-state index contributed by atoms with van der Waals surface area (Å²) in [6.45, 7) is 1.98. The fourth-order valence-electron chi connectivity index (χ4n) is 1.16. The van der Waals surface area contributed by atoms with E-state index in [2.05, 4.69) is 5.32 Å². The number of rotatable bonds is 4. The first kappa shape index (κ1) is 15.2. The molecule has 0 heterocycles. The van der Waals surface area contributed by atoms with Gasteiger partial charge < -0.3 is 10.1 Å². The van der Waals surface area contributed by atoms with Crippen molar-refractivity contribution < 1.29 is 67.8 Å².